The molecule has 0 bridgehead atoms. The molecule has 0 saturated heterocycles. The van der Waals surface area contributed by atoms with Gasteiger partial charge >= 0.3 is 0 Å². The molecule has 2 heteroatoms. The Morgan fingerprint density at radius 1 is 1.29 bits per heavy atom. The fraction of sp³-hybridized carbons (Fsp3) is 0.467. The standard InChI is InChI=1S/C15H19NO/c17-10-15(11-5-2-1-3-6-11)16-14-9-12-7-4-8-13(12)14/h1-6,8,12-17H,7,9-10H2/t12?,13?,14?,15-/m0/s1. The summed E-state index contributed by atoms with van der Waals surface area (Å²) in [7, 11) is 0. The summed E-state index contributed by atoms with van der Waals surface area (Å²) in [4.78, 5) is 0. The maximum atomic E-state index is 9.51. The maximum absolute atomic E-state index is 9.51. The van der Waals surface area contributed by atoms with Crippen molar-refractivity contribution in [2.45, 2.75) is 24.9 Å². The predicted molar refractivity (Wildman–Crippen MR) is 68.5 cm³/mol. The molecule has 0 aliphatic heterocycles. The van der Waals surface area contributed by atoms with Crippen LogP contribution in [0.25, 0.3) is 0 Å². The fourth-order valence-corrected chi connectivity index (χ4v) is 3.11. The first kappa shape index (κ1) is 11.0. The first-order chi connectivity index (χ1) is 8.38. The molecule has 3 rings (SSSR count). The van der Waals surface area contributed by atoms with Gasteiger partial charge in [0.1, 0.15) is 0 Å². The van der Waals surface area contributed by atoms with Gasteiger partial charge in [0.2, 0.25) is 0 Å². The molecule has 90 valence electrons. The van der Waals surface area contributed by atoms with Gasteiger partial charge in [-0.3, -0.25) is 0 Å². The van der Waals surface area contributed by atoms with E-state index in [9.17, 15) is 5.11 Å². The van der Waals surface area contributed by atoms with E-state index in [1.807, 2.05) is 18.2 Å². The van der Waals surface area contributed by atoms with E-state index in [1.54, 1.807) is 0 Å². The lowest BCUT2D eigenvalue weighted by atomic mass is 9.71. The second-order valence-electron chi connectivity index (χ2n) is 5.16. The molecular weight excluding hydrogens is 210 g/mol. The second-order valence-corrected chi connectivity index (χ2v) is 5.16. The molecule has 2 aliphatic carbocycles. The number of aliphatic hydroxyl groups is 1. The summed E-state index contributed by atoms with van der Waals surface area (Å²) < 4.78 is 0. The van der Waals surface area contributed by atoms with Gasteiger partial charge in [-0.15, -0.1) is 0 Å². The second kappa shape index (κ2) is 4.63. The average Bonchev–Trinajstić information content (AvgIpc) is 2.73. The Labute approximate surface area is 102 Å². The molecular formula is C15H19NO. The molecule has 1 aromatic carbocycles. The van der Waals surface area contributed by atoms with E-state index >= 15 is 0 Å². The quantitative estimate of drug-likeness (QED) is 0.776. The topological polar surface area (TPSA) is 32.3 Å². The molecule has 2 N–H and O–H groups in total. The monoisotopic (exact) mass is 229 g/mol. The summed E-state index contributed by atoms with van der Waals surface area (Å²) in [5.41, 5.74) is 1.18. The van der Waals surface area contributed by atoms with Gasteiger partial charge < -0.3 is 10.4 Å². The molecule has 1 aromatic rings. The number of nitrogens with one attached hydrogen (secondary N) is 1. The third-order valence-electron chi connectivity index (χ3n) is 4.16. The van der Waals surface area contributed by atoms with Crippen LogP contribution in [0.3, 0.4) is 0 Å². The molecule has 0 aromatic heterocycles. The molecule has 0 spiro atoms. The van der Waals surface area contributed by atoms with Crippen molar-refractivity contribution >= 4 is 0 Å². The molecule has 4 atom stereocenters. The molecule has 17 heavy (non-hydrogen) atoms. The number of hydrogen-bond acceptors (Lipinski definition) is 2. The van der Waals surface area contributed by atoms with Crippen LogP contribution in [-0.2, 0) is 0 Å². The molecule has 3 unspecified atom stereocenters. The van der Waals surface area contributed by atoms with Gasteiger partial charge in [-0.1, -0.05) is 42.5 Å². The third kappa shape index (κ3) is 2.03. The van der Waals surface area contributed by atoms with Crippen LogP contribution in [0.15, 0.2) is 42.5 Å². The minimum Gasteiger partial charge on any atom is -0.394 e. The van der Waals surface area contributed by atoms with Crippen LogP contribution in [0, 0.1) is 11.8 Å². The Balaban J connectivity index is 1.65. The average molecular weight is 229 g/mol. The maximum Gasteiger partial charge on any atom is 0.0626 e. The lowest BCUT2D eigenvalue weighted by Crippen LogP contribution is -2.49. The van der Waals surface area contributed by atoms with Crippen molar-refractivity contribution in [3.05, 3.63) is 48.0 Å². The Bertz CT molecular complexity index is 401. The summed E-state index contributed by atoms with van der Waals surface area (Å²) in [6.07, 6.45) is 7.14. The summed E-state index contributed by atoms with van der Waals surface area (Å²) in [5, 5.41) is 13.1. The van der Waals surface area contributed by atoms with Crippen LogP contribution >= 0.6 is 0 Å². The Morgan fingerprint density at radius 2 is 2.12 bits per heavy atom. The van der Waals surface area contributed by atoms with E-state index in [2.05, 4.69) is 29.6 Å². The number of fused-ring (bicyclic) bond motifs is 1. The van der Waals surface area contributed by atoms with Gasteiger partial charge in [0.05, 0.1) is 12.6 Å². The van der Waals surface area contributed by atoms with E-state index in [0.29, 0.717) is 12.0 Å². The van der Waals surface area contributed by atoms with Crippen molar-refractivity contribution in [3.63, 3.8) is 0 Å². The summed E-state index contributed by atoms with van der Waals surface area (Å²) in [6, 6.07) is 10.9. The van der Waals surface area contributed by atoms with Crippen LogP contribution in [-0.4, -0.2) is 17.8 Å². The fourth-order valence-electron chi connectivity index (χ4n) is 3.11. The Kier molecular flexibility index (Phi) is 3.00. The van der Waals surface area contributed by atoms with Gasteiger partial charge in [-0.2, -0.15) is 0 Å². The first-order valence-electron chi connectivity index (χ1n) is 6.47. The van der Waals surface area contributed by atoms with Gasteiger partial charge in [0.25, 0.3) is 0 Å². The number of allylic oxidation sites excluding steroid dienone is 1. The number of aliphatic hydroxyl groups excluding tert-OH is 1. The van der Waals surface area contributed by atoms with Crippen LogP contribution in [0.2, 0.25) is 0 Å². The van der Waals surface area contributed by atoms with Crippen molar-refractivity contribution in [1.82, 2.24) is 5.32 Å². The summed E-state index contributed by atoms with van der Waals surface area (Å²) in [5.74, 6) is 1.57. The lowest BCUT2D eigenvalue weighted by Gasteiger charge is -2.42. The van der Waals surface area contributed by atoms with Crippen LogP contribution < -0.4 is 5.32 Å². The summed E-state index contributed by atoms with van der Waals surface area (Å²) >= 11 is 0. The highest BCUT2D eigenvalue weighted by molar-refractivity contribution is 5.20. The minimum absolute atomic E-state index is 0.0798. The van der Waals surface area contributed by atoms with E-state index in [-0.39, 0.29) is 12.6 Å². The normalized spacial score (nSPS) is 31.9. The highest BCUT2D eigenvalue weighted by atomic mass is 16.3. The van der Waals surface area contributed by atoms with Crippen LogP contribution in [0.5, 0.6) is 0 Å². The zero-order valence-electron chi connectivity index (χ0n) is 9.92. The van der Waals surface area contributed by atoms with Crippen molar-refractivity contribution in [3.8, 4) is 0 Å². The van der Waals surface area contributed by atoms with Gasteiger partial charge in [0, 0.05) is 6.04 Å². The lowest BCUT2D eigenvalue weighted by molar-refractivity contribution is 0.129. The molecule has 2 nitrogen and oxygen atoms in total. The van der Waals surface area contributed by atoms with E-state index < -0.39 is 0 Å². The smallest absolute Gasteiger partial charge is 0.0626 e. The van der Waals surface area contributed by atoms with E-state index in [4.69, 9.17) is 0 Å². The van der Waals surface area contributed by atoms with Gasteiger partial charge in [-0.05, 0) is 30.2 Å². The SMILES string of the molecule is OC[C@H](NC1CC2CC=CC21)c1ccccc1. The highest BCUT2D eigenvalue weighted by Crippen LogP contribution is 2.43. The Hall–Kier alpha value is -1.12. The number of rotatable bonds is 4. The van der Waals surface area contributed by atoms with Crippen molar-refractivity contribution in [2.24, 2.45) is 11.8 Å². The zero-order chi connectivity index (χ0) is 11.7. The molecule has 2 aliphatic rings. The zero-order valence-corrected chi connectivity index (χ0v) is 9.92. The number of benzene rings is 1. The van der Waals surface area contributed by atoms with Gasteiger partial charge in [-0.25, -0.2) is 0 Å². The third-order valence-corrected chi connectivity index (χ3v) is 4.16. The molecule has 1 fully saturated rings. The van der Waals surface area contributed by atoms with E-state index in [1.165, 1.54) is 18.4 Å². The molecule has 0 heterocycles. The minimum atomic E-state index is 0.0798. The molecule has 0 radical (unpaired) electrons. The molecule has 1 saturated carbocycles. The van der Waals surface area contributed by atoms with Crippen molar-refractivity contribution < 1.29 is 5.11 Å². The van der Waals surface area contributed by atoms with Gasteiger partial charge in [0.15, 0.2) is 0 Å². The Morgan fingerprint density at radius 3 is 2.82 bits per heavy atom. The summed E-state index contributed by atoms with van der Waals surface area (Å²) in [6.45, 7) is 0.168. The predicted octanol–water partition coefficient (Wildman–Crippen LogP) is 2.27. The van der Waals surface area contributed by atoms with Crippen molar-refractivity contribution in [1.29, 1.82) is 0 Å². The van der Waals surface area contributed by atoms with Crippen LogP contribution in [0.1, 0.15) is 24.4 Å². The largest absolute Gasteiger partial charge is 0.394 e. The number of hydrogen-bond donors (Lipinski definition) is 2. The highest BCUT2D eigenvalue weighted by Gasteiger charge is 2.41. The van der Waals surface area contributed by atoms with E-state index in [0.717, 1.165) is 5.92 Å². The molecule has 0 amide bonds. The first-order valence-corrected chi connectivity index (χ1v) is 6.47. The van der Waals surface area contributed by atoms with Crippen LogP contribution in [0.4, 0.5) is 0 Å². The van der Waals surface area contributed by atoms with Crippen molar-refractivity contribution in [2.75, 3.05) is 6.61 Å².